The van der Waals surface area contributed by atoms with Crippen LogP contribution in [0.25, 0.3) is 0 Å². The molecule has 0 aliphatic heterocycles. The normalized spacial score (nSPS) is 20.9. The average molecular weight is 276 g/mol. The molecule has 0 atom stereocenters. The molecule has 2 rings (SSSR count). The zero-order chi connectivity index (χ0) is 13.2. The van der Waals surface area contributed by atoms with Crippen molar-refractivity contribution >= 4 is 10.2 Å². The van der Waals surface area contributed by atoms with Crippen molar-refractivity contribution in [2.45, 2.75) is 32.1 Å². The molecule has 2 saturated carbocycles. The van der Waals surface area contributed by atoms with Gasteiger partial charge in [-0.2, -0.15) is 17.0 Å². The van der Waals surface area contributed by atoms with Crippen molar-refractivity contribution in [1.29, 1.82) is 0 Å². The highest BCUT2D eigenvalue weighted by Gasteiger charge is 2.36. The van der Waals surface area contributed by atoms with E-state index in [-0.39, 0.29) is 6.61 Å². The van der Waals surface area contributed by atoms with Crippen LogP contribution in [0.1, 0.15) is 32.1 Å². The predicted molar refractivity (Wildman–Crippen MR) is 70.3 cm³/mol. The van der Waals surface area contributed by atoms with Crippen LogP contribution in [0.4, 0.5) is 0 Å². The smallest absolute Gasteiger partial charge is 0.281 e. The van der Waals surface area contributed by atoms with E-state index in [1.807, 2.05) is 0 Å². The lowest BCUT2D eigenvalue weighted by Crippen LogP contribution is -2.44. The summed E-state index contributed by atoms with van der Waals surface area (Å²) in [6.07, 6.45) is 5.15. The van der Waals surface area contributed by atoms with Crippen molar-refractivity contribution in [3.8, 4) is 0 Å². The Labute approximate surface area is 110 Å². The summed E-state index contributed by atoms with van der Waals surface area (Å²) < 4.78 is 27.9. The molecule has 2 aliphatic carbocycles. The Hall–Kier alpha value is -0.170. The molecule has 18 heavy (non-hydrogen) atoms. The summed E-state index contributed by atoms with van der Waals surface area (Å²) in [5, 5.41) is 8.80. The molecule has 0 amide bonds. The van der Waals surface area contributed by atoms with Crippen molar-refractivity contribution in [1.82, 2.24) is 8.61 Å². The average Bonchev–Trinajstić information content (AvgIpc) is 3.18. The summed E-state index contributed by atoms with van der Waals surface area (Å²) >= 11 is 0. The van der Waals surface area contributed by atoms with Gasteiger partial charge in [-0.1, -0.05) is 0 Å². The Balaban J connectivity index is 1.96. The second-order valence-corrected chi connectivity index (χ2v) is 7.65. The quantitative estimate of drug-likeness (QED) is 0.673. The van der Waals surface area contributed by atoms with Crippen molar-refractivity contribution in [2.75, 3.05) is 33.3 Å². The van der Waals surface area contributed by atoms with Gasteiger partial charge in [0, 0.05) is 33.3 Å². The summed E-state index contributed by atoms with van der Waals surface area (Å²) in [5.74, 6) is 1.15. The number of nitrogens with zero attached hydrogens (tertiary/aromatic N) is 2. The van der Waals surface area contributed by atoms with Crippen molar-refractivity contribution in [3.05, 3.63) is 0 Å². The standard InChI is InChI=1S/C12H24N2O3S/c1-13(7-2-8-15)18(16,17)14(9-11-3-4-11)10-12-5-6-12/h11-12,15H,2-10H2,1H3. The fourth-order valence-electron chi connectivity index (χ4n) is 2.05. The lowest BCUT2D eigenvalue weighted by Gasteiger charge is -2.27. The minimum absolute atomic E-state index is 0.0328. The van der Waals surface area contributed by atoms with Crippen LogP contribution in [0.15, 0.2) is 0 Å². The summed E-state index contributed by atoms with van der Waals surface area (Å²) in [5.41, 5.74) is 0. The van der Waals surface area contributed by atoms with Gasteiger partial charge in [-0.15, -0.1) is 0 Å². The maximum absolute atomic E-state index is 12.4. The highest BCUT2D eigenvalue weighted by atomic mass is 32.2. The highest BCUT2D eigenvalue weighted by Crippen LogP contribution is 2.35. The number of hydrogen-bond donors (Lipinski definition) is 1. The largest absolute Gasteiger partial charge is 0.396 e. The number of hydrogen-bond acceptors (Lipinski definition) is 3. The molecule has 0 radical (unpaired) electrons. The highest BCUT2D eigenvalue weighted by molar-refractivity contribution is 7.86. The number of aliphatic hydroxyl groups excluding tert-OH is 1. The molecule has 0 aromatic rings. The van der Waals surface area contributed by atoms with E-state index >= 15 is 0 Å². The Morgan fingerprint density at radius 1 is 1.11 bits per heavy atom. The van der Waals surface area contributed by atoms with Crippen LogP contribution in [0.5, 0.6) is 0 Å². The SMILES string of the molecule is CN(CCCO)S(=O)(=O)N(CC1CC1)CC1CC1. The zero-order valence-corrected chi connectivity index (χ0v) is 11.9. The number of rotatable bonds is 9. The first-order valence-corrected chi connectivity index (χ1v) is 8.26. The van der Waals surface area contributed by atoms with Gasteiger partial charge in [0.15, 0.2) is 0 Å². The molecule has 0 heterocycles. The van der Waals surface area contributed by atoms with E-state index in [0.29, 0.717) is 37.9 Å². The Bertz CT molecular complexity index is 350. The Morgan fingerprint density at radius 2 is 1.61 bits per heavy atom. The van der Waals surface area contributed by atoms with E-state index < -0.39 is 10.2 Å². The monoisotopic (exact) mass is 276 g/mol. The lowest BCUT2D eigenvalue weighted by atomic mass is 10.4. The second kappa shape index (κ2) is 5.86. The molecule has 6 heteroatoms. The van der Waals surface area contributed by atoms with Crippen LogP contribution < -0.4 is 0 Å². The van der Waals surface area contributed by atoms with E-state index in [1.54, 1.807) is 11.4 Å². The van der Waals surface area contributed by atoms with Crippen LogP contribution in [0, 0.1) is 11.8 Å². The molecule has 0 unspecified atom stereocenters. The third kappa shape index (κ3) is 3.91. The van der Waals surface area contributed by atoms with Gasteiger partial charge < -0.3 is 5.11 Å². The Morgan fingerprint density at radius 3 is 2.00 bits per heavy atom. The maximum Gasteiger partial charge on any atom is 0.281 e. The fraction of sp³-hybridized carbons (Fsp3) is 1.00. The van der Waals surface area contributed by atoms with Crippen molar-refractivity contribution < 1.29 is 13.5 Å². The molecule has 0 bridgehead atoms. The zero-order valence-electron chi connectivity index (χ0n) is 11.1. The van der Waals surface area contributed by atoms with E-state index in [9.17, 15) is 8.42 Å². The third-order valence-electron chi connectivity index (χ3n) is 3.67. The topological polar surface area (TPSA) is 60.9 Å². The summed E-state index contributed by atoms with van der Waals surface area (Å²) in [7, 11) is -1.72. The van der Waals surface area contributed by atoms with Crippen LogP contribution in [0.2, 0.25) is 0 Å². The van der Waals surface area contributed by atoms with Gasteiger partial charge in [0.25, 0.3) is 10.2 Å². The first-order valence-electron chi connectivity index (χ1n) is 6.86. The summed E-state index contributed by atoms with van der Waals surface area (Å²) in [6, 6.07) is 0. The van der Waals surface area contributed by atoms with Crippen LogP contribution >= 0.6 is 0 Å². The molecule has 2 fully saturated rings. The first-order chi connectivity index (χ1) is 8.54. The summed E-state index contributed by atoms with van der Waals surface area (Å²) in [6.45, 7) is 1.79. The summed E-state index contributed by atoms with van der Waals surface area (Å²) in [4.78, 5) is 0. The molecule has 0 saturated heterocycles. The molecule has 0 aromatic heterocycles. The Kier molecular flexibility index (Phi) is 4.64. The first kappa shape index (κ1) is 14.2. The molecule has 2 aliphatic rings. The van der Waals surface area contributed by atoms with Gasteiger partial charge in [0.05, 0.1) is 0 Å². The minimum Gasteiger partial charge on any atom is -0.396 e. The predicted octanol–water partition coefficient (Wildman–Crippen LogP) is 0.667. The van der Waals surface area contributed by atoms with E-state index in [2.05, 4.69) is 0 Å². The van der Waals surface area contributed by atoms with E-state index in [4.69, 9.17) is 5.11 Å². The van der Waals surface area contributed by atoms with Gasteiger partial charge in [0.2, 0.25) is 0 Å². The molecule has 0 spiro atoms. The molecular formula is C12H24N2O3S. The van der Waals surface area contributed by atoms with Gasteiger partial charge in [-0.05, 0) is 43.9 Å². The molecule has 5 nitrogen and oxygen atoms in total. The van der Waals surface area contributed by atoms with E-state index in [1.165, 1.54) is 4.31 Å². The van der Waals surface area contributed by atoms with Gasteiger partial charge in [-0.25, -0.2) is 0 Å². The van der Waals surface area contributed by atoms with Crippen molar-refractivity contribution in [2.24, 2.45) is 11.8 Å². The van der Waals surface area contributed by atoms with E-state index in [0.717, 1.165) is 25.7 Å². The van der Waals surface area contributed by atoms with Gasteiger partial charge in [0.1, 0.15) is 0 Å². The van der Waals surface area contributed by atoms with Crippen molar-refractivity contribution in [3.63, 3.8) is 0 Å². The number of aliphatic hydroxyl groups is 1. The lowest BCUT2D eigenvalue weighted by molar-refractivity contribution is 0.269. The van der Waals surface area contributed by atoms with Gasteiger partial charge in [-0.3, -0.25) is 0 Å². The van der Waals surface area contributed by atoms with Crippen LogP contribution in [-0.2, 0) is 10.2 Å². The van der Waals surface area contributed by atoms with Gasteiger partial charge >= 0.3 is 0 Å². The maximum atomic E-state index is 12.4. The minimum atomic E-state index is -3.33. The third-order valence-corrected chi connectivity index (χ3v) is 5.59. The molecule has 1 N–H and O–H groups in total. The molecular weight excluding hydrogens is 252 g/mol. The van der Waals surface area contributed by atoms with Crippen LogP contribution in [-0.4, -0.2) is 55.4 Å². The molecule has 106 valence electrons. The fourth-order valence-corrected chi connectivity index (χ4v) is 3.60. The van der Waals surface area contributed by atoms with Crippen LogP contribution in [0.3, 0.4) is 0 Å². The molecule has 0 aromatic carbocycles. The second-order valence-electron chi connectivity index (χ2n) is 5.61.